The quantitative estimate of drug-likeness (QED) is 0.867. The van der Waals surface area contributed by atoms with E-state index in [1.807, 2.05) is 13.8 Å². The Labute approximate surface area is 144 Å². The zero-order valence-electron chi connectivity index (χ0n) is 15.1. The van der Waals surface area contributed by atoms with Crippen LogP contribution >= 0.6 is 0 Å². The Bertz CT molecular complexity index is 708. The van der Waals surface area contributed by atoms with Crippen molar-refractivity contribution in [3.05, 3.63) is 47.3 Å². The number of para-hydroxylation sites is 1. The number of anilines is 2. The van der Waals surface area contributed by atoms with Gasteiger partial charge in [-0.1, -0.05) is 32.0 Å². The van der Waals surface area contributed by atoms with Crippen molar-refractivity contribution in [2.24, 2.45) is 0 Å². The Hall–Kier alpha value is -2.43. The zero-order chi connectivity index (χ0) is 17.7. The molecule has 0 aliphatic carbocycles. The van der Waals surface area contributed by atoms with Crippen molar-refractivity contribution in [3.63, 3.8) is 0 Å². The fraction of sp³-hybridized carbons (Fsp3) is 0.421. The number of aryl methyl sites for hydroxylation is 1. The Morgan fingerprint density at radius 1 is 1.21 bits per heavy atom. The van der Waals surface area contributed by atoms with Crippen molar-refractivity contribution < 1.29 is 4.79 Å². The van der Waals surface area contributed by atoms with Gasteiger partial charge in [-0.3, -0.25) is 4.79 Å². The van der Waals surface area contributed by atoms with E-state index in [1.165, 1.54) is 5.56 Å². The lowest BCUT2D eigenvalue weighted by Gasteiger charge is -2.19. The third kappa shape index (κ3) is 3.91. The lowest BCUT2D eigenvalue weighted by molar-refractivity contribution is 0.0767. The van der Waals surface area contributed by atoms with Gasteiger partial charge in [0.25, 0.3) is 5.91 Å². The second kappa shape index (κ2) is 7.90. The van der Waals surface area contributed by atoms with Crippen molar-refractivity contribution in [1.82, 2.24) is 14.9 Å². The normalized spacial score (nSPS) is 10.8. The minimum absolute atomic E-state index is 0.0701. The molecule has 128 valence electrons. The molecule has 1 aromatic heterocycles. The summed E-state index contributed by atoms with van der Waals surface area (Å²) in [5, 5.41) is 3.30. The van der Waals surface area contributed by atoms with Gasteiger partial charge in [-0.15, -0.1) is 0 Å². The molecule has 0 saturated heterocycles. The molecule has 2 rings (SSSR count). The summed E-state index contributed by atoms with van der Waals surface area (Å²) >= 11 is 0. The number of hydrogen-bond acceptors (Lipinski definition) is 4. The van der Waals surface area contributed by atoms with E-state index in [0.717, 1.165) is 11.3 Å². The average Bonchev–Trinajstić information content (AvgIpc) is 2.57. The van der Waals surface area contributed by atoms with Crippen LogP contribution in [0, 0.1) is 6.92 Å². The molecular weight excluding hydrogens is 300 g/mol. The minimum Gasteiger partial charge on any atom is -0.338 e. The van der Waals surface area contributed by atoms with E-state index < -0.39 is 0 Å². The van der Waals surface area contributed by atoms with Crippen LogP contribution in [0.5, 0.6) is 0 Å². The van der Waals surface area contributed by atoms with Crippen molar-refractivity contribution in [2.45, 2.75) is 40.5 Å². The first-order chi connectivity index (χ1) is 11.5. The summed E-state index contributed by atoms with van der Waals surface area (Å²) in [7, 11) is 0. The summed E-state index contributed by atoms with van der Waals surface area (Å²) in [5.41, 5.74) is 3.76. The molecule has 0 fully saturated rings. The third-order valence-corrected chi connectivity index (χ3v) is 4.09. The molecule has 0 aliphatic heterocycles. The monoisotopic (exact) mass is 326 g/mol. The van der Waals surface area contributed by atoms with E-state index in [2.05, 4.69) is 54.3 Å². The molecule has 0 saturated carbocycles. The molecule has 0 spiro atoms. The van der Waals surface area contributed by atoms with Crippen LogP contribution < -0.4 is 5.32 Å². The van der Waals surface area contributed by atoms with E-state index in [0.29, 0.717) is 30.6 Å². The molecule has 0 aliphatic rings. The molecule has 1 heterocycles. The number of hydrogen-bond donors (Lipinski definition) is 1. The van der Waals surface area contributed by atoms with Crippen LogP contribution in [-0.4, -0.2) is 33.9 Å². The van der Waals surface area contributed by atoms with Crippen LogP contribution in [-0.2, 0) is 0 Å². The summed E-state index contributed by atoms with van der Waals surface area (Å²) in [4.78, 5) is 22.9. The van der Waals surface area contributed by atoms with Crippen LogP contribution in [0.3, 0.4) is 0 Å². The number of nitrogens with zero attached hydrogens (tertiary/aromatic N) is 3. The highest BCUT2D eigenvalue weighted by Crippen LogP contribution is 2.29. The fourth-order valence-electron chi connectivity index (χ4n) is 2.66. The molecular formula is C19H26N4O. The van der Waals surface area contributed by atoms with Crippen LogP contribution in [0.1, 0.15) is 55.2 Å². The first-order valence-electron chi connectivity index (χ1n) is 8.46. The summed E-state index contributed by atoms with van der Waals surface area (Å²) in [6, 6.07) is 7.87. The van der Waals surface area contributed by atoms with Crippen molar-refractivity contribution >= 4 is 17.5 Å². The van der Waals surface area contributed by atoms with Gasteiger partial charge in [0, 0.05) is 25.0 Å². The second-order valence-corrected chi connectivity index (χ2v) is 6.06. The molecule has 0 unspecified atom stereocenters. The molecule has 2 aromatic rings. The molecule has 0 bridgehead atoms. The molecule has 5 nitrogen and oxygen atoms in total. The number of amides is 1. The van der Waals surface area contributed by atoms with Gasteiger partial charge < -0.3 is 10.2 Å². The zero-order valence-corrected chi connectivity index (χ0v) is 15.1. The Kier molecular flexibility index (Phi) is 5.90. The van der Waals surface area contributed by atoms with Gasteiger partial charge in [0.2, 0.25) is 5.95 Å². The Morgan fingerprint density at radius 2 is 1.92 bits per heavy atom. The molecule has 1 amide bonds. The Morgan fingerprint density at radius 3 is 2.54 bits per heavy atom. The minimum atomic E-state index is -0.0701. The number of aromatic nitrogens is 2. The maximum absolute atomic E-state index is 12.5. The van der Waals surface area contributed by atoms with Gasteiger partial charge in [0.15, 0.2) is 0 Å². The van der Waals surface area contributed by atoms with Crippen LogP contribution in [0.25, 0.3) is 0 Å². The second-order valence-electron chi connectivity index (χ2n) is 6.06. The largest absolute Gasteiger partial charge is 0.338 e. The van der Waals surface area contributed by atoms with E-state index in [-0.39, 0.29) is 5.91 Å². The van der Waals surface area contributed by atoms with Gasteiger partial charge in [0.05, 0.1) is 0 Å². The van der Waals surface area contributed by atoms with E-state index in [4.69, 9.17) is 0 Å². The fourth-order valence-corrected chi connectivity index (χ4v) is 2.66. The molecule has 1 aromatic carbocycles. The van der Waals surface area contributed by atoms with Gasteiger partial charge in [-0.2, -0.15) is 0 Å². The summed E-state index contributed by atoms with van der Waals surface area (Å²) in [6.07, 6.45) is 1.62. The Balaban J connectivity index is 2.33. The van der Waals surface area contributed by atoms with E-state index in [1.54, 1.807) is 17.2 Å². The van der Waals surface area contributed by atoms with Gasteiger partial charge in [-0.05, 0) is 43.9 Å². The van der Waals surface area contributed by atoms with E-state index in [9.17, 15) is 4.79 Å². The highest BCUT2D eigenvalue weighted by atomic mass is 16.2. The number of carbonyl (C=O) groups is 1. The van der Waals surface area contributed by atoms with Crippen molar-refractivity contribution in [1.29, 1.82) is 0 Å². The van der Waals surface area contributed by atoms with E-state index >= 15 is 0 Å². The van der Waals surface area contributed by atoms with Gasteiger partial charge in [0.1, 0.15) is 5.69 Å². The first kappa shape index (κ1) is 17.9. The highest BCUT2D eigenvalue weighted by Gasteiger charge is 2.16. The molecule has 1 N–H and O–H groups in total. The van der Waals surface area contributed by atoms with Gasteiger partial charge in [-0.25, -0.2) is 9.97 Å². The predicted octanol–water partition coefficient (Wildman–Crippen LogP) is 4.13. The number of carbonyl (C=O) groups excluding carboxylic acids is 1. The SMILES string of the molecule is CCN(CC)C(=O)c1ccnc(Nc2c(C)cccc2C(C)C)n1. The third-order valence-electron chi connectivity index (χ3n) is 4.09. The average molecular weight is 326 g/mol. The van der Waals surface area contributed by atoms with Crippen LogP contribution in [0.4, 0.5) is 11.6 Å². The summed E-state index contributed by atoms with van der Waals surface area (Å²) < 4.78 is 0. The molecule has 0 atom stereocenters. The predicted molar refractivity (Wildman–Crippen MR) is 97.8 cm³/mol. The number of nitrogens with one attached hydrogen (secondary N) is 1. The summed E-state index contributed by atoms with van der Waals surface area (Å²) in [5.74, 6) is 0.761. The smallest absolute Gasteiger partial charge is 0.272 e. The standard InChI is InChI=1S/C19H26N4O/c1-6-23(7-2)18(24)16-11-12-20-19(21-16)22-17-14(5)9-8-10-15(17)13(3)4/h8-13H,6-7H2,1-5H3,(H,20,21,22). The summed E-state index contributed by atoms with van der Waals surface area (Å²) in [6.45, 7) is 11.6. The van der Waals surface area contributed by atoms with Crippen molar-refractivity contribution in [2.75, 3.05) is 18.4 Å². The van der Waals surface area contributed by atoms with Crippen LogP contribution in [0.2, 0.25) is 0 Å². The number of benzene rings is 1. The highest BCUT2D eigenvalue weighted by molar-refractivity contribution is 5.92. The molecule has 5 heteroatoms. The lowest BCUT2D eigenvalue weighted by atomic mass is 9.98. The molecule has 0 radical (unpaired) electrons. The lowest BCUT2D eigenvalue weighted by Crippen LogP contribution is -2.31. The maximum Gasteiger partial charge on any atom is 0.272 e. The number of rotatable bonds is 6. The maximum atomic E-state index is 12.5. The topological polar surface area (TPSA) is 58.1 Å². The molecule has 24 heavy (non-hydrogen) atoms. The van der Waals surface area contributed by atoms with Crippen LogP contribution in [0.15, 0.2) is 30.5 Å². The first-order valence-corrected chi connectivity index (χ1v) is 8.46. The van der Waals surface area contributed by atoms with Crippen molar-refractivity contribution in [3.8, 4) is 0 Å². The van der Waals surface area contributed by atoms with Gasteiger partial charge >= 0.3 is 0 Å².